The number of phenolic OH excluding ortho intramolecular Hbond substituents is 1. The van der Waals surface area contributed by atoms with E-state index >= 15 is 0 Å². The lowest BCUT2D eigenvalue weighted by Crippen LogP contribution is -3.10. The van der Waals surface area contributed by atoms with Crippen molar-refractivity contribution < 1.29 is 24.6 Å². The van der Waals surface area contributed by atoms with Crippen LogP contribution in [0, 0.1) is 0 Å². The Morgan fingerprint density at radius 1 is 1.33 bits per heavy atom. The first-order chi connectivity index (χ1) is 8.51. The van der Waals surface area contributed by atoms with Gasteiger partial charge in [0.15, 0.2) is 11.5 Å². The molecule has 0 aliphatic carbocycles. The monoisotopic (exact) mass is 254 g/mol. The molecule has 5 nitrogen and oxygen atoms in total. The highest BCUT2D eigenvalue weighted by Crippen LogP contribution is 2.45. The maximum Gasteiger partial charge on any atom is 0.203 e. The zero-order chi connectivity index (χ0) is 13.4. The molecule has 18 heavy (non-hydrogen) atoms. The maximum absolute atomic E-state index is 10.3. The summed E-state index contributed by atoms with van der Waals surface area (Å²) in [6.45, 7) is 2.63. The largest absolute Gasteiger partial charge is 0.504 e. The van der Waals surface area contributed by atoms with Gasteiger partial charge < -0.3 is 24.6 Å². The average Bonchev–Trinajstić information content (AvgIpc) is 2.35. The van der Waals surface area contributed by atoms with Crippen LogP contribution < -0.4 is 14.4 Å². The Kier molecular flexibility index (Phi) is 3.36. The van der Waals surface area contributed by atoms with Crippen molar-refractivity contribution in [3.05, 3.63) is 17.2 Å². The van der Waals surface area contributed by atoms with Gasteiger partial charge in [-0.2, -0.15) is 0 Å². The Labute approximate surface area is 107 Å². The predicted octanol–water partition coefficient (Wildman–Crippen LogP) is 0.0321. The summed E-state index contributed by atoms with van der Waals surface area (Å²) in [6.07, 6.45) is -0.595. The summed E-state index contributed by atoms with van der Waals surface area (Å²) in [5, 5.41) is 20.5. The Balaban J connectivity index is 2.67. The van der Waals surface area contributed by atoms with E-state index in [4.69, 9.17) is 9.47 Å². The van der Waals surface area contributed by atoms with Gasteiger partial charge in [0.05, 0.1) is 26.8 Å². The molecular formula is C13H20NO4+. The molecule has 1 aliphatic heterocycles. The van der Waals surface area contributed by atoms with Crippen molar-refractivity contribution in [1.82, 2.24) is 0 Å². The molecule has 100 valence electrons. The number of methoxy groups -OCH3 is 2. The molecule has 0 saturated carbocycles. The van der Waals surface area contributed by atoms with Crippen LogP contribution in [0.3, 0.4) is 0 Å². The SMILES string of the molecule is COc1cc2c(c(O)c1OC)[C@H](C)[NH+](C)C[C@@H]2O. The third kappa shape index (κ3) is 1.79. The smallest absolute Gasteiger partial charge is 0.203 e. The van der Waals surface area contributed by atoms with Gasteiger partial charge in [-0.3, -0.25) is 0 Å². The van der Waals surface area contributed by atoms with Crippen LogP contribution in [0.15, 0.2) is 6.07 Å². The van der Waals surface area contributed by atoms with E-state index in [0.717, 1.165) is 16.0 Å². The number of likely N-dealkylation sites (N-methyl/N-ethyl adjacent to an activating group) is 1. The van der Waals surface area contributed by atoms with Gasteiger partial charge in [-0.1, -0.05) is 0 Å². The molecule has 1 unspecified atom stereocenters. The van der Waals surface area contributed by atoms with Gasteiger partial charge in [-0.15, -0.1) is 0 Å². The Hall–Kier alpha value is -1.46. The summed E-state index contributed by atoms with van der Waals surface area (Å²) in [4.78, 5) is 1.15. The molecule has 3 N–H and O–H groups in total. The molecule has 0 saturated heterocycles. The van der Waals surface area contributed by atoms with Gasteiger partial charge >= 0.3 is 0 Å². The molecule has 0 aromatic heterocycles. The second kappa shape index (κ2) is 4.66. The number of rotatable bonds is 2. The maximum atomic E-state index is 10.3. The topological polar surface area (TPSA) is 63.4 Å². The fourth-order valence-electron chi connectivity index (χ4n) is 2.58. The number of hydrogen-bond acceptors (Lipinski definition) is 4. The summed E-state index contributed by atoms with van der Waals surface area (Å²) in [5.74, 6) is 0.835. The molecule has 0 fully saturated rings. The van der Waals surface area contributed by atoms with E-state index in [1.165, 1.54) is 14.2 Å². The van der Waals surface area contributed by atoms with Crippen LogP contribution in [0.5, 0.6) is 17.2 Å². The average molecular weight is 254 g/mol. The van der Waals surface area contributed by atoms with Crippen LogP contribution in [-0.4, -0.2) is 38.0 Å². The molecule has 5 heteroatoms. The molecule has 0 radical (unpaired) electrons. The number of quaternary nitrogens is 1. The van der Waals surface area contributed by atoms with Gasteiger partial charge in [-0.25, -0.2) is 0 Å². The zero-order valence-electron chi connectivity index (χ0n) is 11.2. The molecule has 1 aliphatic rings. The first-order valence-electron chi connectivity index (χ1n) is 5.99. The second-order valence-corrected chi connectivity index (χ2v) is 4.75. The third-order valence-electron chi connectivity index (χ3n) is 3.76. The highest BCUT2D eigenvalue weighted by Gasteiger charge is 2.35. The van der Waals surface area contributed by atoms with E-state index in [1.807, 2.05) is 14.0 Å². The fraction of sp³-hybridized carbons (Fsp3) is 0.538. The van der Waals surface area contributed by atoms with Crippen LogP contribution in [0.2, 0.25) is 0 Å². The summed E-state index contributed by atoms with van der Waals surface area (Å²) in [7, 11) is 5.00. The van der Waals surface area contributed by atoms with Crippen LogP contribution in [-0.2, 0) is 0 Å². The molecule has 0 bridgehead atoms. The van der Waals surface area contributed by atoms with Crippen LogP contribution >= 0.6 is 0 Å². The summed E-state index contributed by atoms with van der Waals surface area (Å²) in [6, 6.07) is 1.85. The minimum atomic E-state index is -0.595. The number of benzene rings is 1. The molecular weight excluding hydrogens is 234 g/mol. The number of aromatic hydroxyl groups is 1. The van der Waals surface area contributed by atoms with E-state index < -0.39 is 6.10 Å². The summed E-state index contributed by atoms with van der Waals surface area (Å²) in [5.41, 5.74) is 1.46. The van der Waals surface area contributed by atoms with Gasteiger partial charge in [0.25, 0.3) is 0 Å². The lowest BCUT2D eigenvalue weighted by atomic mass is 9.90. The first kappa shape index (κ1) is 13.0. The number of phenols is 1. The number of aliphatic hydroxyl groups is 1. The standard InChI is InChI=1S/C13H19NO4/c1-7-11-8(9(15)6-14(7)2)5-10(17-3)13(18-4)12(11)16/h5,7,9,15-16H,6H2,1-4H3/p+1/t7-,9-/m0/s1. The number of nitrogens with one attached hydrogen (secondary N) is 1. The van der Waals surface area contributed by atoms with Crippen LogP contribution in [0.1, 0.15) is 30.2 Å². The minimum Gasteiger partial charge on any atom is -0.504 e. The molecule has 2 rings (SSSR count). The highest BCUT2D eigenvalue weighted by atomic mass is 16.5. The Morgan fingerprint density at radius 2 is 2.00 bits per heavy atom. The number of aliphatic hydroxyl groups excluding tert-OH is 1. The highest BCUT2D eigenvalue weighted by molar-refractivity contribution is 5.59. The number of fused-ring (bicyclic) bond motifs is 1. The molecule has 1 aromatic rings. The quantitative estimate of drug-likeness (QED) is 0.697. The molecule has 1 aromatic carbocycles. The van der Waals surface area contributed by atoms with E-state index in [2.05, 4.69) is 0 Å². The minimum absolute atomic E-state index is 0.0671. The number of ether oxygens (including phenoxy) is 2. The van der Waals surface area contributed by atoms with Gasteiger partial charge in [0.1, 0.15) is 18.7 Å². The number of hydrogen-bond donors (Lipinski definition) is 3. The van der Waals surface area contributed by atoms with Crippen LogP contribution in [0.25, 0.3) is 0 Å². The molecule has 1 heterocycles. The summed E-state index contributed by atoms with van der Waals surface area (Å²) >= 11 is 0. The van der Waals surface area contributed by atoms with Crippen LogP contribution in [0.4, 0.5) is 0 Å². The van der Waals surface area contributed by atoms with Crippen molar-refractivity contribution in [3.8, 4) is 17.2 Å². The van der Waals surface area contributed by atoms with Crippen molar-refractivity contribution in [1.29, 1.82) is 0 Å². The van der Waals surface area contributed by atoms with Crippen molar-refractivity contribution in [2.45, 2.75) is 19.1 Å². The van der Waals surface area contributed by atoms with Crippen molar-refractivity contribution in [2.24, 2.45) is 0 Å². The fourth-order valence-corrected chi connectivity index (χ4v) is 2.58. The van der Waals surface area contributed by atoms with E-state index in [0.29, 0.717) is 18.0 Å². The molecule has 0 spiro atoms. The Bertz CT molecular complexity index is 461. The van der Waals surface area contributed by atoms with E-state index in [1.54, 1.807) is 6.07 Å². The van der Waals surface area contributed by atoms with Gasteiger partial charge in [0.2, 0.25) is 5.75 Å². The van der Waals surface area contributed by atoms with Gasteiger partial charge in [0, 0.05) is 5.56 Å². The van der Waals surface area contributed by atoms with E-state index in [-0.39, 0.29) is 11.8 Å². The van der Waals surface area contributed by atoms with Crippen molar-refractivity contribution >= 4 is 0 Å². The predicted molar refractivity (Wildman–Crippen MR) is 66.3 cm³/mol. The summed E-state index contributed by atoms with van der Waals surface area (Å²) < 4.78 is 10.4. The third-order valence-corrected chi connectivity index (χ3v) is 3.76. The lowest BCUT2D eigenvalue weighted by molar-refractivity contribution is -0.916. The molecule has 3 atom stereocenters. The first-order valence-corrected chi connectivity index (χ1v) is 5.99. The second-order valence-electron chi connectivity index (χ2n) is 4.75. The normalized spacial score (nSPS) is 26.6. The van der Waals surface area contributed by atoms with Crippen molar-refractivity contribution in [2.75, 3.05) is 27.8 Å². The van der Waals surface area contributed by atoms with Crippen molar-refractivity contribution in [3.63, 3.8) is 0 Å². The van der Waals surface area contributed by atoms with Gasteiger partial charge in [-0.05, 0) is 13.0 Å². The Morgan fingerprint density at radius 3 is 2.56 bits per heavy atom. The lowest BCUT2D eigenvalue weighted by Gasteiger charge is -2.33. The zero-order valence-corrected chi connectivity index (χ0v) is 11.2. The van der Waals surface area contributed by atoms with E-state index in [9.17, 15) is 10.2 Å². The molecule has 0 amide bonds.